The molecule has 0 spiro atoms. The highest BCUT2D eigenvalue weighted by Crippen LogP contribution is 2.22. The smallest absolute Gasteiger partial charge is 0.304 e. The minimum absolute atomic E-state index is 0.183. The second-order valence-corrected chi connectivity index (χ2v) is 3.40. The van der Waals surface area contributed by atoms with Crippen molar-refractivity contribution >= 4 is 17.6 Å². The number of carbonyl (C=O) groups is 2. The van der Waals surface area contributed by atoms with Crippen molar-refractivity contribution in [1.82, 2.24) is 0 Å². The summed E-state index contributed by atoms with van der Waals surface area (Å²) in [4.78, 5) is 23.9. The maximum atomic E-state index is 11.6. The van der Waals surface area contributed by atoms with Crippen molar-refractivity contribution in [3.8, 4) is 0 Å². The number of ether oxygens (including phenoxy) is 1. The topological polar surface area (TPSA) is 46.6 Å². The van der Waals surface area contributed by atoms with E-state index >= 15 is 0 Å². The Labute approximate surface area is 93.1 Å². The van der Waals surface area contributed by atoms with Gasteiger partial charge in [0.2, 0.25) is 6.23 Å². The molecule has 1 aliphatic rings. The number of para-hydroxylation sites is 1. The van der Waals surface area contributed by atoms with Gasteiger partial charge in [0.05, 0.1) is 0 Å². The van der Waals surface area contributed by atoms with Gasteiger partial charge in [-0.15, -0.1) is 0 Å². The number of carbonyl (C=O) groups excluding carboxylic acids is 2. The second-order valence-electron chi connectivity index (χ2n) is 3.40. The number of esters is 1. The van der Waals surface area contributed by atoms with Crippen LogP contribution < -0.4 is 4.90 Å². The Morgan fingerprint density at radius 1 is 1.31 bits per heavy atom. The van der Waals surface area contributed by atoms with Crippen LogP contribution >= 0.6 is 0 Å². The Morgan fingerprint density at radius 2 is 2.00 bits per heavy atom. The molecule has 0 aromatic heterocycles. The Hall–Kier alpha value is -2.10. The van der Waals surface area contributed by atoms with Crippen molar-refractivity contribution < 1.29 is 14.3 Å². The first-order chi connectivity index (χ1) is 7.68. The summed E-state index contributed by atoms with van der Waals surface area (Å²) in [6.45, 7) is 1.32. The molecule has 1 unspecified atom stereocenters. The first-order valence-electron chi connectivity index (χ1n) is 4.92. The molecule has 4 nitrogen and oxygen atoms in total. The lowest BCUT2D eigenvalue weighted by molar-refractivity contribution is -0.144. The lowest BCUT2D eigenvalue weighted by atomic mass is 10.3. The van der Waals surface area contributed by atoms with Gasteiger partial charge in [-0.25, -0.2) is 0 Å². The summed E-state index contributed by atoms with van der Waals surface area (Å²) < 4.78 is 5.03. The van der Waals surface area contributed by atoms with Crippen molar-refractivity contribution in [2.75, 3.05) is 4.90 Å². The Bertz CT molecular complexity index is 439. The lowest BCUT2D eigenvalue weighted by Crippen LogP contribution is -2.36. The van der Waals surface area contributed by atoms with Gasteiger partial charge in [0.1, 0.15) is 0 Å². The summed E-state index contributed by atoms with van der Waals surface area (Å²) in [6.07, 6.45) is 2.34. The van der Waals surface area contributed by atoms with Crippen LogP contribution in [0.15, 0.2) is 42.5 Å². The normalized spacial score (nSPS) is 18.9. The standard InChI is InChI=1S/C12H11NO3/c1-9(14)16-12-8-7-11(15)13(12)10-5-3-2-4-6-10/h2-8,12H,1H3. The third-order valence-electron chi connectivity index (χ3n) is 2.22. The quantitative estimate of drug-likeness (QED) is 0.705. The molecule has 1 amide bonds. The number of benzene rings is 1. The molecule has 0 aliphatic carbocycles. The Balaban J connectivity index is 2.25. The second kappa shape index (κ2) is 4.18. The maximum absolute atomic E-state index is 11.6. The van der Waals surface area contributed by atoms with Crippen LogP contribution in [0.4, 0.5) is 5.69 Å². The molecule has 0 radical (unpaired) electrons. The molecule has 4 heteroatoms. The molecule has 16 heavy (non-hydrogen) atoms. The van der Waals surface area contributed by atoms with Crippen LogP contribution in [0.5, 0.6) is 0 Å². The summed E-state index contributed by atoms with van der Waals surface area (Å²) >= 11 is 0. The highest BCUT2D eigenvalue weighted by Gasteiger charge is 2.29. The number of hydrogen-bond acceptors (Lipinski definition) is 3. The zero-order chi connectivity index (χ0) is 11.5. The van der Waals surface area contributed by atoms with Crippen LogP contribution in [0, 0.1) is 0 Å². The average molecular weight is 217 g/mol. The summed E-state index contributed by atoms with van der Waals surface area (Å²) in [5.74, 6) is -0.595. The largest absolute Gasteiger partial charge is 0.438 e. The van der Waals surface area contributed by atoms with Gasteiger partial charge >= 0.3 is 5.97 Å². The van der Waals surface area contributed by atoms with Gasteiger partial charge in [-0.3, -0.25) is 14.5 Å². The van der Waals surface area contributed by atoms with E-state index in [1.54, 1.807) is 18.2 Å². The number of hydrogen-bond donors (Lipinski definition) is 0. The number of nitrogens with zero attached hydrogens (tertiary/aromatic N) is 1. The molecule has 0 saturated heterocycles. The minimum atomic E-state index is -0.632. The molecule has 1 aromatic rings. The summed E-state index contributed by atoms with van der Waals surface area (Å²) in [6, 6.07) is 9.10. The molecule has 1 atom stereocenters. The van der Waals surface area contributed by atoms with E-state index in [0.29, 0.717) is 5.69 Å². The lowest BCUT2D eigenvalue weighted by Gasteiger charge is -2.23. The molecule has 1 aliphatic heterocycles. The van der Waals surface area contributed by atoms with Crippen LogP contribution in [-0.4, -0.2) is 18.1 Å². The molecule has 0 fully saturated rings. The number of anilines is 1. The fourth-order valence-corrected chi connectivity index (χ4v) is 1.58. The van der Waals surface area contributed by atoms with Gasteiger partial charge < -0.3 is 4.74 Å². The molecule has 1 heterocycles. The van der Waals surface area contributed by atoms with E-state index in [-0.39, 0.29) is 5.91 Å². The number of amides is 1. The summed E-state index contributed by atoms with van der Waals surface area (Å²) in [5, 5.41) is 0. The van der Waals surface area contributed by atoms with Crippen LogP contribution in [0.25, 0.3) is 0 Å². The van der Waals surface area contributed by atoms with Gasteiger partial charge in [-0.2, -0.15) is 0 Å². The van der Waals surface area contributed by atoms with Gasteiger partial charge in [0.15, 0.2) is 0 Å². The van der Waals surface area contributed by atoms with E-state index in [1.807, 2.05) is 18.2 Å². The monoisotopic (exact) mass is 217 g/mol. The predicted octanol–water partition coefficient (Wildman–Crippen LogP) is 1.48. The first-order valence-corrected chi connectivity index (χ1v) is 4.92. The van der Waals surface area contributed by atoms with E-state index in [0.717, 1.165) is 0 Å². The van der Waals surface area contributed by atoms with E-state index in [1.165, 1.54) is 17.9 Å². The van der Waals surface area contributed by atoms with Crippen LogP contribution in [0.2, 0.25) is 0 Å². The fraction of sp³-hybridized carbons (Fsp3) is 0.167. The van der Waals surface area contributed by atoms with Crippen LogP contribution in [0.1, 0.15) is 6.92 Å². The van der Waals surface area contributed by atoms with Gasteiger partial charge in [0, 0.05) is 18.7 Å². The molecular formula is C12H11NO3. The molecule has 0 N–H and O–H groups in total. The molecule has 2 rings (SSSR count). The zero-order valence-corrected chi connectivity index (χ0v) is 8.79. The predicted molar refractivity (Wildman–Crippen MR) is 58.6 cm³/mol. The highest BCUT2D eigenvalue weighted by molar-refractivity contribution is 6.04. The van der Waals surface area contributed by atoms with Crippen molar-refractivity contribution in [3.05, 3.63) is 42.5 Å². The van der Waals surface area contributed by atoms with Crippen molar-refractivity contribution in [2.45, 2.75) is 13.2 Å². The van der Waals surface area contributed by atoms with Gasteiger partial charge in [0.25, 0.3) is 5.91 Å². The van der Waals surface area contributed by atoms with E-state index < -0.39 is 12.2 Å². The van der Waals surface area contributed by atoms with Crippen LogP contribution in [-0.2, 0) is 14.3 Å². The third kappa shape index (κ3) is 1.95. The molecule has 0 bridgehead atoms. The van der Waals surface area contributed by atoms with Gasteiger partial charge in [-0.1, -0.05) is 18.2 Å². The van der Waals surface area contributed by atoms with E-state index in [4.69, 9.17) is 4.74 Å². The van der Waals surface area contributed by atoms with Crippen LogP contribution in [0.3, 0.4) is 0 Å². The Morgan fingerprint density at radius 3 is 2.62 bits per heavy atom. The van der Waals surface area contributed by atoms with Crippen molar-refractivity contribution in [3.63, 3.8) is 0 Å². The van der Waals surface area contributed by atoms with Gasteiger partial charge in [-0.05, 0) is 18.2 Å². The maximum Gasteiger partial charge on any atom is 0.304 e. The minimum Gasteiger partial charge on any atom is -0.438 e. The Kier molecular flexibility index (Phi) is 2.72. The molecule has 0 saturated carbocycles. The van der Waals surface area contributed by atoms with E-state index in [2.05, 4.69) is 0 Å². The fourth-order valence-electron chi connectivity index (χ4n) is 1.58. The first kappa shape index (κ1) is 10.4. The molecular weight excluding hydrogens is 206 g/mol. The summed E-state index contributed by atoms with van der Waals surface area (Å²) in [5.41, 5.74) is 0.712. The third-order valence-corrected chi connectivity index (χ3v) is 2.22. The SMILES string of the molecule is CC(=O)OC1C=CC(=O)N1c1ccccc1. The number of rotatable bonds is 2. The average Bonchev–Trinajstić information content (AvgIpc) is 2.60. The van der Waals surface area contributed by atoms with E-state index in [9.17, 15) is 9.59 Å². The zero-order valence-electron chi connectivity index (χ0n) is 8.79. The van der Waals surface area contributed by atoms with Crippen molar-refractivity contribution in [1.29, 1.82) is 0 Å². The molecule has 1 aromatic carbocycles. The molecule has 82 valence electrons. The van der Waals surface area contributed by atoms with Crippen molar-refractivity contribution in [2.24, 2.45) is 0 Å². The summed E-state index contributed by atoms with van der Waals surface area (Å²) in [7, 11) is 0. The highest BCUT2D eigenvalue weighted by atomic mass is 16.6.